The van der Waals surface area contributed by atoms with Crippen LogP contribution in [0.3, 0.4) is 0 Å². The van der Waals surface area contributed by atoms with E-state index in [2.05, 4.69) is 10.2 Å². The first-order chi connectivity index (χ1) is 8.92. The summed E-state index contributed by atoms with van der Waals surface area (Å²) in [7, 11) is 0. The minimum atomic E-state index is 0. The number of piperidine rings is 1. The molecular weight excluding hydrogens is 260 g/mol. The molecule has 3 nitrogen and oxygen atoms in total. The first kappa shape index (κ1) is 14.6. The third-order valence-corrected chi connectivity index (χ3v) is 4.21. The summed E-state index contributed by atoms with van der Waals surface area (Å²) in [6.45, 7) is 6.78. The summed E-state index contributed by atoms with van der Waals surface area (Å²) in [5.41, 5.74) is 0. The van der Waals surface area contributed by atoms with Crippen molar-refractivity contribution in [2.45, 2.75) is 6.42 Å². The van der Waals surface area contributed by atoms with E-state index in [4.69, 9.17) is 4.74 Å². The molecular formula is C15H23ClN2O. The normalized spacial score (nSPS) is 26.5. The van der Waals surface area contributed by atoms with Gasteiger partial charge >= 0.3 is 0 Å². The van der Waals surface area contributed by atoms with Gasteiger partial charge in [-0.25, -0.2) is 0 Å². The van der Waals surface area contributed by atoms with E-state index in [1.165, 1.54) is 32.6 Å². The first-order valence-electron chi connectivity index (χ1n) is 7.03. The van der Waals surface area contributed by atoms with Gasteiger partial charge < -0.3 is 10.1 Å². The maximum atomic E-state index is 5.76. The summed E-state index contributed by atoms with van der Waals surface area (Å²) in [5.74, 6) is 2.78. The molecule has 4 heteroatoms. The second-order valence-corrected chi connectivity index (χ2v) is 5.43. The van der Waals surface area contributed by atoms with Crippen molar-refractivity contribution in [1.82, 2.24) is 10.2 Å². The smallest absolute Gasteiger partial charge is 0.119 e. The minimum Gasteiger partial charge on any atom is -0.492 e. The molecule has 0 bridgehead atoms. The number of fused-ring (bicyclic) bond motifs is 1. The van der Waals surface area contributed by atoms with Crippen LogP contribution in [0.25, 0.3) is 0 Å². The third kappa shape index (κ3) is 3.85. The quantitative estimate of drug-likeness (QED) is 0.915. The molecule has 2 aliphatic rings. The summed E-state index contributed by atoms with van der Waals surface area (Å²) in [6, 6.07) is 10.1. The molecule has 2 saturated heterocycles. The topological polar surface area (TPSA) is 24.5 Å². The van der Waals surface area contributed by atoms with Gasteiger partial charge in [0.05, 0.1) is 0 Å². The van der Waals surface area contributed by atoms with Crippen LogP contribution in [-0.2, 0) is 0 Å². The highest BCUT2D eigenvalue weighted by atomic mass is 35.5. The molecule has 0 saturated carbocycles. The van der Waals surface area contributed by atoms with Crippen LogP contribution in [0.2, 0.25) is 0 Å². The van der Waals surface area contributed by atoms with Gasteiger partial charge in [0.25, 0.3) is 0 Å². The van der Waals surface area contributed by atoms with Crippen LogP contribution in [0.1, 0.15) is 6.42 Å². The average Bonchev–Trinajstić information content (AvgIpc) is 2.87. The SMILES string of the molecule is Cl.c1ccc(OCCN2CCC3CNCC3C2)cc1. The Balaban J connectivity index is 0.00000133. The number of nitrogens with zero attached hydrogens (tertiary/aromatic N) is 1. The highest BCUT2D eigenvalue weighted by Crippen LogP contribution is 2.26. The van der Waals surface area contributed by atoms with Gasteiger partial charge in [0, 0.05) is 13.1 Å². The van der Waals surface area contributed by atoms with Crippen LogP contribution in [-0.4, -0.2) is 44.2 Å². The maximum absolute atomic E-state index is 5.76. The number of likely N-dealkylation sites (tertiary alicyclic amines) is 1. The molecule has 2 aliphatic heterocycles. The largest absolute Gasteiger partial charge is 0.492 e. The van der Waals surface area contributed by atoms with Crippen molar-refractivity contribution >= 4 is 12.4 Å². The lowest BCUT2D eigenvalue weighted by Crippen LogP contribution is -2.41. The summed E-state index contributed by atoms with van der Waals surface area (Å²) in [4.78, 5) is 2.55. The third-order valence-electron chi connectivity index (χ3n) is 4.21. The lowest BCUT2D eigenvalue weighted by molar-refractivity contribution is 0.127. The molecule has 2 fully saturated rings. The van der Waals surface area contributed by atoms with E-state index < -0.39 is 0 Å². The molecule has 1 N–H and O–H groups in total. The maximum Gasteiger partial charge on any atom is 0.119 e. The summed E-state index contributed by atoms with van der Waals surface area (Å²) in [5, 5.41) is 3.51. The fraction of sp³-hybridized carbons (Fsp3) is 0.600. The number of rotatable bonds is 4. The number of para-hydroxylation sites is 1. The Kier molecular flexibility index (Phi) is 5.49. The molecule has 1 aromatic carbocycles. The van der Waals surface area contributed by atoms with Gasteiger partial charge in [-0.2, -0.15) is 0 Å². The molecule has 1 aromatic rings. The molecule has 0 aliphatic carbocycles. The van der Waals surface area contributed by atoms with Crippen LogP contribution < -0.4 is 10.1 Å². The molecule has 0 radical (unpaired) electrons. The Bertz CT molecular complexity index is 374. The predicted molar refractivity (Wildman–Crippen MR) is 80.1 cm³/mol. The van der Waals surface area contributed by atoms with E-state index in [1.54, 1.807) is 0 Å². The highest BCUT2D eigenvalue weighted by molar-refractivity contribution is 5.85. The summed E-state index contributed by atoms with van der Waals surface area (Å²) < 4.78 is 5.76. The van der Waals surface area contributed by atoms with Gasteiger partial charge in [0.1, 0.15) is 12.4 Å². The zero-order chi connectivity index (χ0) is 12.2. The number of benzene rings is 1. The van der Waals surface area contributed by atoms with Crippen LogP contribution in [0.4, 0.5) is 0 Å². The zero-order valence-corrected chi connectivity index (χ0v) is 12.1. The lowest BCUT2D eigenvalue weighted by Gasteiger charge is -2.34. The van der Waals surface area contributed by atoms with Crippen molar-refractivity contribution in [2.75, 3.05) is 39.3 Å². The number of nitrogens with one attached hydrogen (secondary N) is 1. The van der Waals surface area contributed by atoms with Crippen LogP contribution in [0, 0.1) is 11.8 Å². The number of ether oxygens (including phenoxy) is 1. The Hall–Kier alpha value is -0.770. The Morgan fingerprint density at radius 1 is 1.16 bits per heavy atom. The number of hydrogen-bond donors (Lipinski definition) is 1. The summed E-state index contributed by atoms with van der Waals surface area (Å²) in [6.07, 6.45) is 1.35. The fourth-order valence-corrected chi connectivity index (χ4v) is 3.12. The van der Waals surface area contributed by atoms with Crippen LogP contribution in [0.5, 0.6) is 5.75 Å². The van der Waals surface area contributed by atoms with Gasteiger partial charge in [-0.15, -0.1) is 12.4 Å². The van der Waals surface area contributed by atoms with Gasteiger partial charge in [-0.3, -0.25) is 4.90 Å². The zero-order valence-electron chi connectivity index (χ0n) is 11.3. The van der Waals surface area contributed by atoms with Crippen molar-refractivity contribution in [2.24, 2.45) is 11.8 Å². The number of hydrogen-bond acceptors (Lipinski definition) is 3. The first-order valence-corrected chi connectivity index (χ1v) is 7.03. The van der Waals surface area contributed by atoms with Crippen molar-refractivity contribution in [3.8, 4) is 5.75 Å². The van der Waals surface area contributed by atoms with E-state index in [0.717, 1.165) is 30.7 Å². The van der Waals surface area contributed by atoms with Crippen molar-refractivity contribution in [3.05, 3.63) is 30.3 Å². The second kappa shape index (κ2) is 7.13. The van der Waals surface area contributed by atoms with Gasteiger partial charge in [0.2, 0.25) is 0 Å². The molecule has 3 rings (SSSR count). The predicted octanol–water partition coefficient (Wildman–Crippen LogP) is 2.03. The van der Waals surface area contributed by atoms with E-state index in [-0.39, 0.29) is 12.4 Å². The number of halogens is 1. The van der Waals surface area contributed by atoms with Gasteiger partial charge in [0.15, 0.2) is 0 Å². The molecule has 19 heavy (non-hydrogen) atoms. The molecule has 2 heterocycles. The monoisotopic (exact) mass is 282 g/mol. The van der Waals surface area contributed by atoms with Crippen molar-refractivity contribution in [3.63, 3.8) is 0 Å². The van der Waals surface area contributed by atoms with Crippen LogP contribution >= 0.6 is 12.4 Å². The molecule has 0 aromatic heterocycles. The minimum absolute atomic E-state index is 0. The van der Waals surface area contributed by atoms with Crippen molar-refractivity contribution < 1.29 is 4.74 Å². The fourth-order valence-electron chi connectivity index (χ4n) is 3.12. The van der Waals surface area contributed by atoms with E-state index >= 15 is 0 Å². The van der Waals surface area contributed by atoms with Crippen LogP contribution in [0.15, 0.2) is 30.3 Å². The second-order valence-electron chi connectivity index (χ2n) is 5.43. The molecule has 0 amide bonds. The Morgan fingerprint density at radius 3 is 2.79 bits per heavy atom. The van der Waals surface area contributed by atoms with Crippen molar-refractivity contribution in [1.29, 1.82) is 0 Å². The van der Waals surface area contributed by atoms with E-state index in [0.29, 0.717) is 0 Å². The summed E-state index contributed by atoms with van der Waals surface area (Å²) >= 11 is 0. The molecule has 0 spiro atoms. The van der Waals surface area contributed by atoms with Gasteiger partial charge in [-0.05, 0) is 50.0 Å². The average molecular weight is 283 g/mol. The van der Waals surface area contributed by atoms with E-state index in [1.807, 2.05) is 30.3 Å². The van der Waals surface area contributed by atoms with Gasteiger partial charge in [-0.1, -0.05) is 18.2 Å². The Labute approximate surface area is 121 Å². The standard InChI is InChI=1S/C15H22N2O.ClH/c1-2-4-15(5-3-1)18-9-8-17-7-6-13-10-16-11-14(13)12-17;/h1-5,13-14,16H,6-12H2;1H. The lowest BCUT2D eigenvalue weighted by atomic mass is 9.89. The highest BCUT2D eigenvalue weighted by Gasteiger charge is 2.32. The Morgan fingerprint density at radius 2 is 1.95 bits per heavy atom. The van der Waals surface area contributed by atoms with E-state index in [9.17, 15) is 0 Å². The molecule has 2 unspecified atom stereocenters. The molecule has 106 valence electrons. The molecule has 2 atom stereocenters.